The Hall–Kier alpha value is -2.65. The summed E-state index contributed by atoms with van der Waals surface area (Å²) in [6.07, 6.45) is -1.70. The highest BCUT2D eigenvalue weighted by molar-refractivity contribution is 5.85. The number of hydrogen-bond donors (Lipinski definition) is 2. The maximum Gasteiger partial charge on any atom is 0.251 e. The minimum atomic E-state index is -2.63. The highest BCUT2D eigenvalue weighted by atomic mass is 19.3. The smallest absolute Gasteiger partial charge is 0.251 e. The normalized spacial score (nSPS) is 15.6. The number of nitrogens with zero attached hydrogens (tertiary/aromatic N) is 2. The number of anilines is 1. The van der Waals surface area contributed by atoms with Gasteiger partial charge in [0.15, 0.2) is 0 Å². The van der Waals surface area contributed by atoms with Gasteiger partial charge >= 0.3 is 0 Å². The first kappa shape index (κ1) is 27.9. The lowest BCUT2D eigenvalue weighted by Gasteiger charge is -2.36. The number of nitrogens with one attached hydrogen (secondary N) is 2. The van der Waals surface area contributed by atoms with Crippen LogP contribution in [0.3, 0.4) is 0 Å². The number of H-pyrrole nitrogens is 1. The molecule has 0 amide bonds. The van der Waals surface area contributed by atoms with E-state index in [0.29, 0.717) is 43.9 Å². The van der Waals surface area contributed by atoms with Gasteiger partial charge in [0, 0.05) is 54.5 Å². The molecule has 1 unspecified atom stereocenters. The first-order valence-corrected chi connectivity index (χ1v) is 12.5. The van der Waals surface area contributed by atoms with Crippen molar-refractivity contribution in [1.29, 1.82) is 0 Å². The maximum absolute atomic E-state index is 15.5. The molecule has 198 valence electrons. The molecule has 0 bridgehead atoms. The summed E-state index contributed by atoms with van der Waals surface area (Å²) in [5, 5.41) is 4.02. The van der Waals surface area contributed by atoms with Crippen LogP contribution in [0.1, 0.15) is 43.1 Å². The van der Waals surface area contributed by atoms with Gasteiger partial charge in [-0.3, -0.25) is 9.29 Å². The van der Waals surface area contributed by atoms with Crippen LogP contribution in [-0.2, 0) is 6.42 Å². The summed E-state index contributed by atoms with van der Waals surface area (Å²) >= 11 is 0. The summed E-state index contributed by atoms with van der Waals surface area (Å²) in [4.78, 5) is 6.38. The summed E-state index contributed by atoms with van der Waals surface area (Å²) in [6, 6.07) is 9.05. The van der Waals surface area contributed by atoms with Crippen molar-refractivity contribution in [3.8, 4) is 0 Å². The quantitative estimate of drug-likeness (QED) is 0.257. The van der Waals surface area contributed by atoms with E-state index in [2.05, 4.69) is 10.3 Å². The topological polar surface area (TPSA) is 34.3 Å². The fourth-order valence-electron chi connectivity index (χ4n) is 4.74. The number of fused-ring (bicyclic) bond motifs is 3. The lowest BCUT2D eigenvalue weighted by Crippen LogP contribution is -2.40. The van der Waals surface area contributed by atoms with E-state index in [1.54, 1.807) is 11.9 Å². The Bertz CT molecular complexity index is 1090. The zero-order chi connectivity index (χ0) is 26.2. The van der Waals surface area contributed by atoms with Gasteiger partial charge < -0.3 is 15.2 Å². The molecule has 0 fully saturated rings. The van der Waals surface area contributed by atoms with Gasteiger partial charge in [-0.25, -0.2) is 17.6 Å². The van der Waals surface area contributed by atoms with E-state index in [4.69, 9.17) is 0 Å². The first-order valence-electron chi connectivity index (χ1n) is 12.5. The molecule has 9 heteroatoms. The van der Waals surface area contributed by atoms with E-state index in [-0.39, 0.29) is 12.1 Å². The fraction of sp³-hybridized carbons (Fsp3) is 0.481. The molecule has 1 aliphatic heterocycles. The van der Waals surface area contributed by atoms with Crippen LogP contribution in [0.2, 0.25) is 0 Å². The van der Waals surface area contributed by atoms with Gasteiger partial charge in [-0.05, 0) is 43.1 Å². The van der Waals surface area contributed by atoms with E-state index < -0.39 is 37.3 Å². The molecular weight excluding hydrogens is 475 g/mol. The Balaban J connectivity index is 0.00000176. The molecule has 0 aliphatic carbocycles. The van der Waals surface area contributed by atoms with Crippen molar-refractivity contribution >= 4 is 16.6 Å². The zero-order valence-electron chi connectivity index (χ0n) is 21.1. The molecule has 0 saturated carbocycles. The van der Waals surface area contributed by atoms with E-state index in [0.717, 1.165) is 16.5 Å². The number of rotatable bonds is 10. The summed E-state index contributed by atoms with van der Waals surface area (Å²) in [5.74, 6) is -1.55. The second-order valence-corrected chi connectivity index (χ2v) is 8.64. The Morgan fingerprint density at radius 3 is 2.47 bits per heavy atom. The number of hydrogen-bond acceptors (Lipinski definition) is 3. The molecular formula is C27H35F5N4. The molecule has 0 radical (unpaired) electrons. The highest BCUT2D eigenvalue weighted by Gasteiger charge is 2.36. The van der Waals surface area contributed by atoms with Gasteiger partial charge in [-0.15, -0.1) is 0 Å². The SMILES string of the molecule is CC.CN(CCNCCCF)c1cc(F)c(C2c3[nH]c4ccccc4c3CCN2CC(F)F)c(F)c1. The van der Waals surface area contributed by atoms with Crippen LogP contribution in [0, 0.1) is 11.6 Å². The second-order valence-electron chi connectivity index (χ2n) is 8.64. The third-order valence-electron chi connectivity index (χ3n) is 6.40. The van der Waals surface area contributed by atoms with E-state index >= 15 is 8.78 Å². The Morgan fingerprint density at radius 1 is 1.11 bits per heavy atom. The minimum absolute atomic E-state index is 0.230. The number of halogens is 5. The first-order chi connectivity index (χ1) is 17.4. The van der Waals surface area contributed by atoms with E-state index in [9.17, 15) is 13.2 Å². The van der Waals surface area contributed by atoms with E-state index in [1.165, 1.54) is 17.0 Å². The zero-order valence-corrected chi connectivity index (χ0v) is 21.1. The summed E-state index contributed by atoms with van der Waals surface area (Å²) in [5.41, 5.74) is 2.40. The number of benzene rings is 2. The molecule has 0 saturated heterocycles. The number of aromatic amines is 1. The van der Waals surface area contributed by atoms with Crippen molar-refractivity contribution in [2.45, 2.75) is 39.2 Å². The van der Waals surface area contributed by atoms with Crippen molar-refractivity contribution in [3.05, 3.63) is 64.9 Å². The molecule has 2 heterocycles. The van der Waals surface area contributed by atoms with Gasteiger partial charge in [0.05, 0.1) is 19.3 Å². The van der Waals surface area contributed by atoms with Gasteiger partial charge in [0.25, 0.3) is 6.43 Å². The lowest BCUT2D eigenvalue weighted by atomic mass is 9.91. The Morgan fingerprint density at radius 2 is 1.81 bits per heavy atom. The molecule has 3 aromatic rings. The van der Waals surface area contributed by atoms with Crippen molar-refractivity contribution in [2.75, 3.05) is 51.3 Å². The van der Waals surface area contributed by atoms with Gasteiger partial charge in [0.2, 0.25) is 0 Å². The molecule has 2 N–H and O–H groups in total. The molecule has 1 aromatic heterocycles. The van der Waals surface area contributed by atoms with Crippen LogP contribution in [-0.4, -0.2) is 62.8 Å². The minimum Gasteiger partial charge on any atom is -0.373 e. The maximum atomic E-state index is 15.5. The Kier molecular flexibility index (Phi) is 10.1. The monoisotopic (exact) mass is 510 g/mol. The number of aromatic nitrogens is 1. The molecule has 0 spiro atoms. The largest absolute Gasteiger partial charge is 0.373 e. The van der Waals surface area contributed by atoms with Crippen molar-refractivity contribution < 1.29 is 22.0 Å². The number of alkyl halides is 3. The number of para-hydroxylation sites is 1. The van der Waals surface area contributed by atoms with Crippen LogP contribution in [0.25, 0.3) is 10.9 Å². The van der Waals surface area contributed by atoms with E-state index in [1.807, 2.05) is 38.1 Å². The molecule has 1 aliphatic rings. The highest BCUT2D eigenvalue weighted by Crippen LogP contribution is 2.41. The predicted octanol–water partition coefficient (Wildman–Crippen LogP) is 6.07. The molecule has 4 rings (SSSR count). The molecule has 2 aromatic carbocycles. The number of likely N-dealkylation sites (N-methyl/N-ethyl adjacent to an activating group) is 1. The van der Waals surface area contributed by atoms with Crippen LogP contribution >= 0.6 is 0 Å². The average Bonchev–Trinajstić information content (AvgIpc) is 3.24. The predicted molar refractivity (Wildman–Crippen MR) is 136 cm³/mol. The van der Waals surface area contributed by atoms with Crippen LogP contribution in [0.4, 0.5) is 27.6 Å². The van der Waals surface area contributed by atoms with Crippen LogP contribution < -0.4 is 10.2 Å². The summed E-state index contributed by atoms with van der Waals surface area (Å²) in [7, 11) is 1.71. The van der Waals surface area contributed by atoms with Crippen molar-refractivity contribution in [3.63, 3.8) is 0 Å². The fourth-order valence-corrected chi connectivity index (χ4v) is 4.74. The standard InChI is InChI=1S/C25H29F5N4.C2H6/c1-33(12-10-31-9-4-8-26)16-13-19(27)23(20(28)14-16)25-24-18(7-11-34(25)15-22(29)30)17-5-2-3-6-21(17)32-24;1-2/h2-3,5-6,13-14,22,25,31-32H,4,7-12,15H2,1H3;1-2H3. The third-order valence-corrected chi connectivity index (χ3v) is 6.40. The second kappa shape index (κ2) is 13.1. The molecule has 36 heavy (non-hydrogen) atoms. The van der Waals surface area contributed by atoms with Crippen molar-refractivity contribution in [2.24, 2.45) is 0 Å². The summed E-state index contributed by atoms with van der Waals surface area (Å²) in [6.45, 7) is 4.82. The van der Waals surface area contributed by atoms with Gasteiger partial charge in [0.1, 0.15) is 11.6 Å². The van der Waals surface area contributed by atoms with Gasteiger partial charge in [-0.1, -0.05) is 32.0 Å². The lowest BCUT2D eigenvalue weighted by molar-refractivity contribution is 0.0680. The summed E-state index contributed by atoms with van der Waals surface area (Å²) < 4.78 is 69.9. The Labute approximate surface area is 209 Å². The third kappa shape index (κ3) is 6.18. The average molecular weight is 511 g/mol. The molecule has 4 nitrogen and oxygen atoms in total. The van der Waals surface area contributed by atoms with Crippen LogP contribution in [0.5, 0.6) is 0 Å². The van der Waals surface area contributed by atoms with Crippen LogP contribution in [0.15, 0.2) is 36.4 Å². The molecule has 1 atom stereocenters. The van der Waals surface area contributed by atoms with Crippen molar-refractivity contribution in [1.82, 2.24) is 15.2 Å². The van der Waals surface area contributed by atoms with Gasteiger partial charge in [-0.2, -0.15) is 0 Å².